The zero-order valence-corrected chi connectivity index (χ0v) is 18.9. The van der Waals surface area contributed by atoms with Crippen molar-refractivity contribution in [1.82, 2.24) is 25.3 Å². The van der Waals surface area contributed by atoms with Crippen molar-refractivity contribution in [1.29, 1.82) is 0 Å². The highest BCUT2D eigenvalue weighted by molar-refractivity contribution is 6.01. The van der Waals surface area contributed by atoms with Crippen LogP contribution in [0.4, 0.5) is 0 Å². The molecule has 1 aliphatic carbocycles. The Morgan fingerprint density at radius 2 is 2.03 bits per heavy atom. The third kappa shape index (κ3) is 5.08. The molecule has 0 radical (unpaired) electrons. The van der Waals surface area contributed by atoms with Gasteiger partial charge in [0.25, 0.3) is 11.8 Å². The SMILES string of the molecule is CCCN1C(=O)c2cc(C(=O)NCCCOCC)nn2C[C@]1(C)C(=O)NC1CCCC1. The standard InChI is InChI=1S/C22H35N5O4/c1-4-12-26-20(29)18-14-17(19(28)23-11-8-13-31-5-2)25-27(18)15-22(26,3)21(30)24-16-9-6-7-10-16/h14,16H,4-13,15H2,1-3H3,(H,23,28)(H,24,30)/t22-/m1/s1. The lowest BCUT2D eigenvalue weighted by molar-refractivity contribution is -0.133. The molecular formula is C22H35N5O4. The molecular weight excluding hydrogens is 398 g/mol. The van der Waals surface area contributed by atoms with Crippen LogP contribution in [0, 0.1) is 0 Å². The second-order valence-corrected chi connectivity index (χ2v) is 8.56. The van der Waals surface area contributed by atoms with E-state index in [-0.39, 0.29) is 36.0 Å². The largest absolute Gasteiger partial charge is 0.382 e. The first-order chi connectivity index (χ1) is 14.9. The van der Waals surface area contributed by atoms with Gasteiger partial charge in [-0.2, -0.15) is 5.10 Å². The number of ether oxygens (including phenoxy) is 1. The highest BCUT2D eigenvalue weighted by atomic mass is 16.5. The third-order valence-electron chi connectivity index (χ3n) is 6.11. The number of hydrogen-bond acceptors (Lipinski definition) is 5. The molecule has 2 N–H and O–H groups in total. The molecule has 0 aromatic carbocycles. The second-order valence-electron chi connectivity index (χ2n) is 8.56. The number of aromatic nitrogens is 2. The fourth-order valence-electron chi connectivity index (χ4n) is 4.35. The first-order valence-electron chi connectivity index (χ1n) is 11.5. The average Bonchev–Trinajstić information content (AvgIpc) is 3.40. The van der Waals surface area contributed by atoms with Crippen LogP contribution < -0.4 is 10.6 Å². The molecule has 3 rings (SSSR count). The van der Waals surface area contributed by atoms with Crippen molar-refractivity contribution in [2.75, 3.05) is 26.3 Å². The molecule has 1 fully saturated rings. The zero-order valence-electron chi connectivity index (χ0n) is 18.9. The fraction of sp³-hybridized carbons (Fsp3) is 0.727. The van der Waals surface area contributed by atoms with Gasteiger partial charge >= 0.3 is 0 Å². The summed E-state index contributed by atoms with van der Waals surface area (Å²) in [4.78, 5) is 40.7. The van der Waals surface area contributed by atoms with E-state index in [9.17, 15) is 14.4 Å². The summed E-state index contributed by atoms with van der Waals surface area (Å²) >= 11 is 0. The number of amides is 3. The zero-order chi connectivity index (χ0) is 22.4. The van der Waals surface area contributed by atoms with Crippen LogP contribution in [0.3, 0.4) is 0 Å². The van der Waals surface area contributed by atoms with Crippen LogP contribution in [0.25, 0.3) is 0 Å². The molecule has 3 amide bonds. The van der Waals surface area contributed by atoms with Gasteiger partial charge in [-0.3, -0.25) is 19.1 Å². The smallest absolute Gasteiger partial charge is 0.273 e. The van der Waals surface area contributed by atoms with Crippen LogP contribution in [0.5, 0.6) is 0 Å². The molecule has 1 saturated carbocycles. The average molecular weight is 434 g/mol. The Labute approximate surface area is 183 Å². The lowest BCUT2D eigenvalue weighted by Gasteiger charge is -2.43. The molecule has 2 heterocycles. The summed E-state index contributed by atoms with van der Waals surface area (Å²) in [5.41, 5.74) is -0.504. The first-order valence-corrected chi connectivity index (χ1v) is 11.5. The highest BCUT2D eigenvalue weighted by Gasteiger charge is 2.48. The summed E-state index contributed by atoms with van der Waals surface area (Å²) in [6.07, 6.45) is 5.63. The van der Waals surface area contributed by atoms with E-state index in [1.54, 1.807) is 11.8 Å². The molecule has 1 atom stereocenters. The van der Waals surface area contributed by atoms with E-state index >= 15 is 0 Å². The molecule has 9 nitrogen and oxygen atoms in total. The highest BCUT2D eigenvalue weighted by Crippen LogP contribution is 2.29. The predicted molar refractivity (Wildman–Crippen MR) is 116 cm³/mol. The van der Waals surface area contributed by atoms with Crippen molar-refractivity contribution >= 4 is 17.7 Å². The quantitative estimate of drug-likeness (QED) is 0.547. The second kappa shape index (κ2) is 10.3. The molecule has 1 aromatic heterocycles. The topological polar surface area (TPSA) is 106 Å². The maximum atomic E-state index is 13.3. The minimum Gasteiger partial charge on any atom is -0.382 e. The third-order valence-corrected chi connectivity index (χ3v) is 6.11. The Hall–Kier alpha value is -2.42. The maximum Gasteiger partial charge on any atom is 0.273 e. The molecule has 31 heavy (non-hydrogen) atoms. The van der Waals surface area contributed by atoms with Gasteiger partial charge in [0.2, 0.25) is 5.91 Å². The Bertz CT molecular complexity index is 802. The van der Waals surface area contributed by atoms with Crippen LogP contribution in [0.2, 0.25) is 0 Å². The van der Waals surface area contributed by atoms with Crippen molar-refractivity contribution < 1.29 is 19.1 Å². The normalized spacial score (nSPS) is 21.3. The van der Waals surface area contributed by atoms with Gasteiger partial charge in [0.1, 0.15) is 11.2 Å². The van der Waals surface area contributed by atoms with E-state index in [1.165, 1.54) is 10.7 Å². The summed E-state index contributed by atoms with van der Waals surface area (Å²) in [5, 5.41) is 10.3. The van der Waals surface area contributed by atoms with Gasteiger partial charge in [0, 0.05) is 38.4 Å². The molecule has 1 aromatic rings. The molecule has 1 aliphatic heterocycles. The Balaban J connectivity index is 1.75. The lowest BCUT2D eigenvalue weighted by Crippen LogP contribution is -2.65. The molecule has 0 spiro atoms. The van der Waals surface area contributed by atoms with E-state index in [1.807, 2.05) is 13.8 Å². The summed E-state index contributed by atoms with van der Waals surface area (Å²) in [5.74, 6) is -0.741. The molecule has 0 unspecified atom stereocenters. The molecule has 172 valence electrons. The van der Waals surface area contributed by atoms with E-state index in [0.717, 1.165) is 32.1 Å². The minimum absolute atomic E-state index is 0.149. The Morgan fingerprint density at radius 1 is 1.29 bits per heavy atom. The predicted octanol–water partition coefficient (Wildman–Crippen LogP) is 1.72. The molecule has 0 saturated heterocycles. The van der Waals surface area contributed by atoms with Crippen molar-refractivity contribution in [2.45, 2.75) is 77.4 Å². The molecule has 9 heteroatoms. The number of carbonyl (C=O) groups excluding carboxylic acids is 3. The van der Waals surface area contributed by atoms with Gasteiger partial charge in [-0.1, -0.05) is 19.8 Å². The van der Waals surface area contributed by atoms with Gasteiger partial charge in [-0.25, -0.2) is 0 Å². The summed E-state index contributed by atoms with van der Waals surface area (Å²) in [7, 11) is 0. The van der Waals surface area contributed by atoms with Crippen LogP contribution in [0.15, 0.2) is 6.07 Å². The van der Waals surface area contributed by atoms with Gasteiger partial charge in [0.05, 0.1) is 6.54 Å². The lowest BCUT2D eigenvalue weighted by atomic mass is 9.94. The minimum atomic E-state index is -1.04. The summed E-state index contributed by atoms with van der Waals surface area (Å²) in [6, 6.07) is 1.69. The van der Waals surface area contributed by atoms with Crippen molar-refractivity contribution in [3.8, 4) is 0 Å². The fourth-order valence-corrected chi connectivity index (χ4v) is 4.35. The van der Waals surface area contributed by atoms with Gasteiger partial charge < -0.3 is 20.3 Å². The van der Waals surface area contributed by atoms with Crippen molar-refractivity contribution in [3.05, 3.63) is 17.5 Å². The Kier molecular flexibility index (Phi) is 7.69. The van der Waals surface area contributed by atoms with Crippen LogP contribution >= 0.6 is 0 Å². The monoisotopic (exact) mass is 433 g/mol. The van der Waals surface area contributed by atoms with Gasteiger partial charge in [0.15, 0.2) is 5.69 Å². The van der Waals surface area contributed by atoms with E-state index in [2.05, 4.69) is 15.7 Å². The number of fused-ring (bicyclic) bond motifs is 1. The van der Waals surface area contributed by atoms with Gasteiger partial charge in [-0.05, 0) is 39.5 Å². The number of rotatable bonds is 10. The Morgan fingerprint density at radius 3 is 2.71 bits per heavy atom. The first kappa shape index (κ1) is 23.2. The van der Waals surface area contributed by atoms with E-state index < -0.39 is 5.54 Å². The van der Waals surface area contributed by atoms with Gasteiger partial charge in [-0.15, -0.1) is 0 Å². The number of hydrogen-bond donors (Lipinski definition) is 2. The molecule has 0 bridgehead atoms. The van der Waals surface area contributed by atoms with E-state index in [4.69, 9.17) is 4.74 Å². The van der Waals surface area contributed by atoms with Crippen molar-refractivity contribution in [3.63, 3.8) is 0 Å². The van der Waals surface area contributed by atoms with Crippen molar-refractivity contribution in [2.24, 2.45) is 0 Å². The van der Waals surface area contributed by atoms with Crippen LogP contribution in [-0.2, 0) is 16.1 Å². The van der Waals surface area contributed by atoms with Crippen LogP contribution in [0.1, 0.15) is 80.3 Å². The number of nitrogens with zero attached hydrogens (tertiary/aromatic N) is 3. The summed E-state index contributed by atoms with van der Waals surface area (Å²) < 4.78 is 6.78. The van der Waals surface area contributed by atoms with E-state index in [0.29, 0.717) is 38.4 Å². The molecule has 2 aliphatic rings. The number of carbonyl (C=O) groups is 3. The van der Waals surface area contributed by atoms with Crippen LogP contribution in [-0.4, -0.2) is 70.3 Å². The maximum absolute atomic E-state index is 13.3. The number of nitrogens with one attached hydrogen (secondary N) is 2. The summed E-state index contributed by atoms with van der Waals surface area (Å²) in [6.45, 7) is 8.09.